The van der Waals surface area contributed by atoms with Gasteiger partial charge in [0.1, 0.15) is 0 Å². The number of hydrogen-bond donors (Lipinski definition) is 0. The highest BCUT2D eigenvalue weighted by Crippen LogP contribution is 2.57. The molecule has 2 aliphatic rings. The maximum Gasteiger partial charge on any atom is 0.252 e. The maximum atomic E-state index is 9.80. The van der Waals surface area contributed by atoms with Crippen LogP contribution in [0.1, 0.15) is 198 Å². The number of aromatic nitrogens is 5. The fraction of sp³-hybridized carbons (Fsp3) is 0.231. The van der Waals surface area contributed by atoms with Crippen molar-refractivity contribution < 1.29 is 13.7 Å². The van der Waals surface area contributed by atoms with Crippen molar-refractivity contribution in [3.05, 3.63) is 360 Å². The zero-order valence-corrected chi connectivity index (χ0v) is 78.0. The second kappa shape index (κ2) is 30.7. The third-order valence-corrected chi connectivity index (χ3v) is 26.6. The summed E-state index contributed by atoms with van der Waals surface area (Å²) in [5.74, 6) is -0.853. The molecule has 20 rings (SSSR count). The van der Waals surface area contributed by atoms with Crippen LogP contribution in [0.3, 0.4) is 0 Å². The molecule has 0 unspecified atom stereocenters. The van der Waals surface area contributed by atoms with E-state index in [1.807, 2.05) is 18.2 Å². The van der Waals surface area contributed by atoms with E-state index in [2.05, 4.69) is 407 Å². The molecule has 15 aromatic carbocycles. The van der Waals surface area contributed by atoms with Gasteiger partial charge in [0.15, 0.2) is 17.5 Å². The first kappa shape index (κ1) is 72.6. The molecule has 7 nitrogen and oxygen atoms in total. The summed E-state index contributed by atoms with van der Waals surface area (Å²) >= 11 is 0. The summed E-state index contributed by atoms with van der Waals surface area (Å²) in [6.45, 7) is 46.9. The standard InChI is InChI=1S/C121H116BN7/c1-115(2,3)82-49-37-48-80(62-82)81-63-107-109-108(64-81)129(111-93(77-42-31-24-32-43-77)71-88(121(19,20)21)72-98(111)114-124-112(78-44-33-25-34-45-78)123-113(125-114)79-46-35-26-36-47-79)106-74-90(127-103-60-52-85(118(10,11)12)67-96(103)97-68-86(119(13,14)15)53-61-104(97)127)55-57-100(106)122(109)99-56-54-89(126-101-58-50-83(116(4,5)6)65-94(101)95-66-84(117(7,8)9)51-59-102(95)126)73-105(99)128(107)110-91(75-38-27-22-28-39-75)69-87(120(16,17)18)70-92(110)76-40-29-23-30-41-76/h22-74H,1-21H3/i25D,26D,33D,34D,35D,36D,44D,45D,46D,47D. The van der Waals surface area contributed by atoms with Crippen LogP contribution in [-0.2, 0) is 37.9 Å². The summed E-state index contributed by atoms with van der Waals surface area (Å²) in [6.07, 6.45) is 0. The van der Waals surface area contributed by atoms with Crippen molar-refractivity contribution in [2.24, 2.45) is 0 Å². The van der Waals surface area contributed by atoms with Gasteiger partial charge in [-0.2, -0.15) is 0 Å². The van der Waals surface area contributed by atoms with Crippen molar-refractivity contribution >= 4 is 101 Å². The Morgan fingerprint density at radius 2 is 0.550 bits per heavy atom. The van der Waals surface area contributed by atoms with Crippen LogP contribution in [0.4, 0.5) is 34.1 Å². The Hall–Kier alpha value is -13.4. The first-order valence-electron chi connectivity index (χ1n) is 50.3. The predicted octanol–water partition coefficient (Wildman–Crippen LogP) is 30.9. The fourth-order valence-electron chi connectivity index (χ4n) is 19.3. The highest BCUT2D eigenvalue weighted by atomic mass is 15.2. The normalized spacial score (nSPS) is 14.3. The molecule has 0 amide bonds. The lowest BCUT2D eigenvalue weighted by Gasteiger charge is -2.46. The van der Waals surface area contributed by atoms with Gasteiger partial charge in [-0.15, -0.1) is 0 Å². The third-order valence-electron chi connectivity index (χ3n) is 26.6. The molecule has 2 aliphatic heterocycles. The molecule has 0 aliphatic carbocycles. The second-order valence-electron chi connectivity index (χ2n) is 42.7. The van der Waals surface area contributed by atoms with Crippen LogP contribution in [0, 0.1) is 0 Å². The van der Waals surface area contributed by atoms with Crippen LogP contribution in [0.2, 0.25) is 0 Å². The molecule has 5 heterocycles. The van der Waals surface area contributed by atoms with Crippen LogP contribution in [0.25, 0.3) is 134 Å². The number of benzene rings is 15. The third kappa shape index (κ3) is 14.9. The van der Waals surface area contributed by atoms with Crippen molar-refractivity contribution in [2.75, 3.05) is 9.80 Å². The largest absolute Gasteiger partial charge is 0.310 e. The Kier molecular flexibility index (Phi) is 17.2. The molecule has 8 heteroatoms. The van der Waals surface area contributed by atoms with Crippen LogP contribution in [-0.4, -0.2) is 30.8 Å². The summed E-state index contributed by atoms with van der Waals surface area (Å²) < 4.78 is 99.2. The van der Waals surface area contributed by atoms with Gasteiger partial charge in [0, 0.05) is 89.0 Å². The van der Waals surface area contributed by atoms with E-state index < -0.39 is 72.6 Å². The lowest BCUT2D eigenvalue weighted by atomic mass is 9.33. The molecule has 0 saturated carbocycles. The summed E-state index contributed by atoms with van der Waals surface area (Å²) in [7, 11) is 0. The molecule has 3 aromatic heterocycles. The summed E-state index contributed by atoms with van der Waals surface area (Å²) in [4.78, 5) is 21.0. The van der Waals surface area contributed by atoms with Gasteiger partial charge in [-0.05, 0) is 230 Å². The maximum absolute atomic E-state index is 9.80. The Labute approximate surface area is 777 Å². The monoisotopic (exact) mass is 1690 g/mol. The molecule has 18 aromatic rings. The Morgan fingerprint density at radius 1 is 0.240 bits per heavy atom. The second-order valence-corrected chi connectivity index (χ2v) is 42.7. The van der Waals surface area contributed by atoms with Gasteiger partial charge in [0.25, 0.3) is 6.71 Å². The Balaban J connectivity index is 1.02. The van der Waals surface area contributed by atoms with Gasteiger partial charge in [-0.1, -0.05) is 357 Å². The van der Waals surface area contributed by atoms with E-state index in [4.69, 9.17) is 17.7 Å². The molecular formula is C121H116BN7. The molecular weight excluding hydrogens is 1560 g/mol. The number of hydrogen-bond acceptors (Lipinski definition) is 5. The molecule has 0 fully saturated rings. The number of anilines is 6. The van der Waals surface area contributed by atoms with Crippen LogP contribution in [0.15, 0.2) is 321 Å². The molecule has 0 N–H and O–H groups in total. The molecule has 0 atom stereocenters. The van der Waals surface area contributed by atoms with Gasteiger partial charge in [0.2, 0.25) is 0 Å². The quantitative estimate of drug-likeness (QED) is 0.121. The lowest BCUT2D eigenvalue weighted by molar-refractivity contribution is 0.590. The minimum Gasteiger partial charge on any atom is -0.310 e. The first-order valence-corrected chi connectivity index (χ1v) is 45.3. The number of rotatable bonds is 11. The van der Waals surface area contributed by atoms with E-state index in [9.17, 15) is 11.0 Å². The SMILES string of the molecule is [2H]c1c([2H])c([2H])c(-c2nc(-c3cc(C(C)(C)C)cc(-c4ccccc4)c3N3c4cc(-n5c6ccc(C(C)(C)C)cc6c6cc(C(C)(C)C)ccc65)ccc4B4c5ccc(-n6c7ccc(C(C)(C)C)cc7c7cc(C(C)(C)C)ccc76)cc5N(c5c(-c6ccccc6)cc(C(C)(C)C)cc5-c5ccccc5)c5cc(-c6cccc(C(C)(C)C)c6)cc3c54)nc(-c3c([2H])c([2H])c([2H])c([2H])c3[2H])n2)c([2H])c1[2H]. The minimum atomic E-state index is -0.663. The molecule has 638 valence electrons. The Bertz CT molecular complexity index is 7820. The minimum absolute atomic E-state index is 0.0842. The highest BCUT2D eigenvalue weighted by molar-refractivity contribution is 7.00. The smallest absolute Gasteiger partial charge is 0.252 e. The predicted molar refractivity (Wildman–Crippen MR) is 551 cm³/mol. The van der Waals surface area contributed by atoms with E-state index in [0.29, 0.717) is 11.3 Å². The zero-order valence-electron chi connectivity index (χ0n) is 88.0. The van der Waals surface area contributed by atoms with Crippen molar-refractivity contribution in [3.63, 3.8) is 0 Å². The highest BCUT2D eigenvalue weighted by Gasteiger charge is 2.47. The van der Waals surface area contributed by atoms with Crippen LogP contribution in [0.5, 0.6) is 0 Å². The number of fused-ring (bicyclic) bond motifs is 10. The molecule has 0 radical (unpaired) electrons. The average Bonchev–Trinajstić information content (AvgIpc) is 0.964. The van der Waals surface area contributed by atoms with E-state index >= 15 is 0 Å². The molecule has 0 spiro atoms. The molecule has 0 saturated heterocycles. The zero-order chi connectivity index (χ0) is 98.8. The van der Waals surface area contributed by atoms with Crippen molar-refractivity contribution in [1.29, 1.82) is 0 Å². The summed E-state index contributed by atoms with van der Waals surface area (Å²) in [5, 5.41) is 4.54. The van der Waals surface area contributed by atoms with Gasteiger partial charge < -0.3 is 18.9 Å². The van der Waals surface area contributed by atoms with Crippen molar-refractivity contribution in [1.82, 2.24) is 24.1 Å². The van der Waals surface area contributed by atoms with E-state index in [0.717, 1.165) is 161 Å². The van der Waals surface area contributed by atoms with Crippen molar-refractivity contribution in [3.8, 4) is 90.0 Å². The van der Waals surface area contributed by atoms with Crippen LogP contribution >= 0.6 is 0 Å². The van der Waals surface area contributed by atoms with E-state index in [1.165, 1.54) is 22.3 Å². The van der Waals surface area contributed by atoms with Gasteiger partial charge >= 0.3 is 0 Å². The van der Waals surface area contributed by atoms with Gasteiger partial charge in [-0.3, -0.25) is 0 Å². The summed E-state index contributed by atoms with van der Waals surface area (Å²) in [6, 6.07) is 90.9. The van der Waals surface area contributed by atoms with E-state index in [1.54, 1.807) is 0 Å². The summed E-state index contributed by atoms with van der Waals surface area (Å²) in [5.41, 5.74) is 26.8. The molecule has 129 heavy (non-hydrogen) atoms. The average molecular weight is 1690 g/mol. The number of nitrogens with zero attached hydrogens (tertiary/aromatic N) is 7. The fourth-order valence-corrected chi connectivity index (χ4v) is 19.3. The lowest BCUT2D eigenvalue weighted by Crippen LogP contribution is -2.61. The first-order chi connectivity index (χ1) is 65.5. The topological polar surface area (TPSA) is 55.0 Å². The van der Waals surface area contributed by atoms with Gasteiger partial charge in [0.05, 0.1) is 47.1 Å². The van der Waals surface area contributed by atoms with Gasteiger partial charge in [-0.25, -0.2) is 15.0 Å². The Morgan fingerprint density at radius 3 is 0.891 bits per heavy atom. The molecule has 0 bridgehead atoms. The van der Waals surface area contributed by atoms with Crippen molar-refractivity contribution in [2.45, 2.75) is 183 Å². The van der Waals surface area contributed by atoms with Crippen LogP contribution < -0.4 is 26.2 Å². The van der Waals surface area contributed by atoms with E-state index in [-0.39, 0.29) is 61.1 Å².